The molecule has 0 N–H and O–H groups in total. The topological polar surface area (TPSA) is 17.1 Å². The molecular formula is C17H27F3O. The smallest absolute Gasteiger partial charge is 0.289 e. The van der Waals surface area contributed by atoms with E-state index in [-0.39, 0.29) is 0 Å². The first-order valence-electron chi connectivity index (χ1n) is 8.52. The van der Waals surface area contributed by atoms with Crippen LogP contribution in [0.15, 0.2) is 0 Å². The number of ketones is 1. The van der Waals surface area contributed by atoms with Gasteiger partial charge in [-0.2, -0.15) is 13.2 Å². The van der Waals surface area contributed by atoms with E-state index in [0.717, 1.165) is 18.8 Å². The molecule has 0 unspecified atom stereocenters. The zero-order valence-corrected chi connectivity index (χ0v) is 12.9. The average molecular weight is 304 g/mol. The number of hydrogen-bond donors (Lipinski definition) is 0. The Morgan fingerprint density at radius 2 is 1.38 bits per heavy atom. The van der Waals surface area contributed by atoms with E-state index in [1.807, 2.05) is 0 Å². The van der Waals surface area contributed by atoms with Crippen molar-refractivity contribution in [2.75, 3.05) is 0 Å². The van der Waals surface area contributed by atoms with Gasteiger partial charge in [-0.05, 0) is 56.3 Å². The quantitative estimate of drug-likeness (QED) is 0.667. The van der Waals surface area contributed by atoms with Crippen molar-refractivity contribution >= 4 is 5.78 Å². The Bertz CT molecular complexity index is 334. The SMILES string of the molecule is CCCC1CCC(C2CCC(C(=O)C(F)(F)F)CC2)CC1. The minimum Gasteiger partial charge on any atom is -0.289 e. The lowest BCUT2D eigenvalue weighted by Gasteiger charge is -2.37. The molecule has 0 aliphatic heterocycles. The molecule has 2 fully saturated rings. The lowest BCUT2D eigenvalue weighted by molar-refractivity contribution is -0.177. The van der Waals surface area contributed by atoms with Gasteiger partial charge in [0.25, 0.3) is 0 Å². The standard InChI is InChI=1S/C17H27F3O/c1-2-3-12-4-6-13(7-5-12)14-8-10-15(11-9-14)16(21)17(18,19)20/h12-15H,2-11H2,1H3. The van der Waals surface area contributed by atoms with E-state index < -0.39 is 17.9 Å². The Balaban J connectivity index is 1.76. The van der Waals surface area contributed by atoms with Gasteiger partial charge in [0.05, 0.1) is 0 Å². The van der Waals surface area contributed by atoms with E-state index >= 15 is 0 Å². The molecular weight excluding hydrogens is 277 g/mol. The van der Waals surface area contributed by atoms with Crippen molar-refractivity contribution in [3.05, 3.63) is 0 Å². The van der Waals surface area contributed by atoms with E-state index in [1.165, 1.54) is 38.5 Å². The van der Waals surface area contributed by atoms with Crippen molar-refractivity contribution in [1.82, 2.24) is 0 Å². The summed E-state index contributed by atoms with van der Waals surface area (Å²) < 4.78 is 37.4. The molecule has 0 radical (unpaired) electrons. The summed E-state index contributed by atoms with van der Waals surface area (Å²) in [6.45, 7) is 2.23. The van der Waals surface area contributed by atoms with Crippen LogP contribution in [-0.2, 0) is 4.79 Å². The number of carbonyl (C=O) groups is 1. The maximum atomic E-state index is 12.5. The van der Waals surface area contributed by atoms with Gasteiger partial charge < -0.3 is 0 Å². The van der Waals surface area contributed by atoms with Crippen LogP contribution in [-0.4, -0.2) is 12.0 Å². The van der Waals surface area contributed by atoms with Crippen molar-refractivity contribution in [1.29, 1.82) is 0 Å². The van der Waals surface area contributed by atoms with Crippen LogP contribution in [0.3, 0.4) is 0 Å². The van der Waals surface area contributed by atoms with Crippen LogP contribution < -0.4 is 0 Å². The lowest BCUT2D eigenvalue weighted by Crippen LogP contribution is -2.34. The molecule has 0 aromatic carbocycles. The molecule has 2 aliphatic rings. The highest BCUT2D eigenvalue weighted by Crippen LogP contribution is 2.43. The predicted molar refractivity (Wildman–Crippen MR) is 76.9 cm³/mol. The number of hydrogen-bond acceptors (Lipinski definition) is 1. The molecule has 0 atom stereocenters. The predicted octanol–water partition coefficient (Wildman–Crippen LogP) is 5.53. The Morgan fingerprint density at radius 3 is 1.81 bits per heavy atom. The van der Waals surface area contributed by atoms with Crippen LogP contribution in [0.2, 0.25) is 0 Å². The Labute approximate surface area is 125 Å². The molecule has 0 saturated heterocycles. The Morgan fingerprint density at radius 1 is 0.905 bits per heavy atom. The van der Waals surface area contributed by atoms with Gasteiger partial charge in [0, 0.05) is 5.92 Å². The maximum absolute atomic E-state index is 12.5. The van der Waals surface area contributed by atoms with Crippen molar-refractivity contribution in [3.8, 4) is 0 Å². The summed E-state index contributed by atoms with van der Waals surface area (Å²) in [5.74, 6) is -0.135. The van der Waals surface area contributed by atoms with Crippen LogP contribution >= 0.6 is 0 Å². The fourth-order valence-electron chi connectivity index (χ4n) is 4.44. The second-order valence-electron chi connectivity index (χ2n) is 7.04. The molecule has 2 saturated carbocycles. The zero-order chi connectivity index (χ0) is 15.5. The normalized spacial score (nSPS) is 34.7. The maximum Gasteiger partial charge on any atom is 0.450 e. The van der Waals surface area contributed by atoms with Gasteiger partial charge in [0.15, 0.2) is 0 Å². The molecule has 2 aliphatic carbocycles. The van der Waals surface area contributed by atoms with Crippen molar-refractivity contribution in [2.24, 2.45) is 23.7 Å². The molecule has 2 rings (SSSR count). The molecule has 0 heterocycles. The fourth-order valence-corrected chi connectivity index (χ4v) is 4.44. The van der Waals surface area contributed by atoms with Crippen molar-refractivity contribution < 1.29 is 18.0 Å². The van der Waals surface area contributed by atoms with Gasteiger partial charge >= 0.3 is 6.18 Å². The summed E-state index contributed by atoms with van der Waals surface area (Å²) in [6, 6.07) is 0. The molecule has 4 heteroatoms. The third kappa shape index (κ3) is 4.46. The highest BCUT2D eigenvalue weighted by molar-refractivity contribution is 5.86. The van der Waals surface area contributed by atoms with Crippen LogP contribution in [0, 0.1) is 23.7 Å². The van der Waals surface area contributed by atoms with Gasteiger partial charge in [-0.3, -0.25) is 4.79 Å². The van der Waals surface area contributed by atoms with Gasteiger partial charge in [-0.15, -0.1) is 0 Å². The fraction of sp³-hybridized carbons (Fsp3) is 0.941. The average Bonchev–Trinajstić information content (AvgIpc) is 2.47. The number of alkyl halides is 3. The number of halogens is 3. The summed E-state index contributed by atoms with van der Waals surface area (Å²) in [5.41, 5.74) is 0. The van der Waals surface area contributed by atoms with Crippen LogP contribution in [0.5, 0.6) is 0 Å². The van der Waals surface area contributed by atoms with Gasteiger partial charge in [0.2, 0.25) is 5.78 Å². The summed E-state index contributed by atoms with van der Waals surface area (Å²) in [6.07, 6.45) is 5.51. The van der Waals surface area contributed by atoms with Gasteiger partial charge in [-0.25, -0.2) is 0 Å². The first-order valence-corrected chi connectivity index (χ1v) is 8.52. The van der Waals surface area contributed by atoms with E-state index in [0.29, 0.717) is 24.7 Å². The second-order valence-corrected chi connectivity index (χ2v) is 7.04. The van der Waals surface area contributed by atoms with E-state index in [4.69, 9.17) is 0 Å². The highest BCUT2D eigenvalue weighted by Gasteiger charge is 2.44. The minimum absolute atomic E-state index is 0.442. The summed E-state index contributed by atoms with van der Waals surface area (Å²) in [7, 11) is 0. The van der Waals surface area contributed by atoms with Crippen molar-refractivity contribution in [2.45, 2.75) is 77.3 Å². The molecule has 122 valence electrons. The molecule has 1 nitrogen and oxygen atoms in total. The van der Waals surface area contributed by atoms with Gasteiger partial charge in [0.1, 0.15) is 0 Å². The minimum atomic E-state index is -4.64. The number of Topliss-reactive ketones (excluding diaryl/α,β-unsaturated/α-hetero) is 1. The van der Waals surface area contributed by atoms with E-state index in [1.54, 1.807) is 0 Å². The lowest BCUT2D eigenvalue weighted by atomic mass is 9.68. The van der Waals surface area contributed by atoms with Crippen molar-refractivity contribution in [3.63, 3.8) is 0 Å². The monoisotopic (exact) mass is 304 g/mol. The first kappa shape index (κ1) is 16.8. The third-order valence-electron chi connectivity index (χ3n) is 5.68. The molecule has 0 spiro atoms. The third-order valence-corrected chi connectivity index (χ3v) is 5.68. The Hall–Kier alpha value is -0.540. The largest absolute Gasteiger partial charge is 0.450 e. The molecule has 0 amide bonds. The summed E-state index contributed by atoms with van der Waals surface area (Å²) in [5, 5.41) is 0. The molecule has 0 bridgehead atoms. The van der Waals surface area contributed by atoms with E-state index in [9.17, 15) is 18.0 Å². The first-order chi connectivity index (χ1) is 9.91. The van der Waals surface area contributed by atoms with Crippen LogP contribution in [0.25, 0.3) is 0 Å². The zero-order valence-electron chi connectivity index (χ0n) is 12.9. The van der Waals surface area contributed by atoms with Gasteiger partial charge in [-0.1, -0.05) is 32.6 Å². The molecule has 0 aromatic rings. The molecule has 0 aromatic heterocycles. The Kier molecular flexibility index (Phi) is 5.73. The van der Waals surface area contributed by atoms with Crippen LogP contribution in [0.1, 0.15) is 71.1 Å². The summed E-state index contributed by atoms with van der Waals surface area (Å²) >= 11 is 0. The van der Waals surface area contributed by atoms with E-state index in [2.05, 4.69) is 6.92 Å². The molecule has 21 heavy (non-hydrogen) atoms. The number of rotatable bonds is 4. The number of carbonyl (C=O) groups excluding carboxylic acids is 1. The van der Waals surface area contributed by atoms with Crippen LogP contribution in [0.4, 0.5) is 13.2 Å². The summed E-state index contributed by atoms with van der Waals surface area (Å²) in [4.78, 5) is 11.3. The highest BCUT2D eigenvalue weighted by atomic mass is 19.4. The second kappa shape index (κ2) is 7.15.